The molecule has 0 unspecified atom stereocenters. The molecule has 0 fully saturated rings. The molecule has 0 saturated carbocycles. The first-order valence-electron chi connectivity index (χ1n) is 5.07. The van der Waals surface area contributed by atoms with Crippen molar-refractivity contribution >= 4 is 11.3 Å². The van der Waals surface area contributed by atoms with Crippen molar-refractivity contribution in [2.75, 3.05) is 13.2 Å². The highest BCUT2D eigenvalue weighted by atomic mass is 32.1. The van der Waals surface area contributed by atoms with Crippen molar-refractivity contribution in [1.82, 2.24) is 14.8 Å². The van der Waals surface area contributed by atoms with E-state index in [2.05, 4.69) is 10.1 Å². The molecule has 90 valence electrons. The molecule has 0 atom stereocenters. The molecule has 6 nitrogen and oxygen atoms in total. The second-order valence-electron chi connectivity index (χ2n) is 3.29. The summed E-state index contributed by atoms with van der Waals surface area (Å²) in [5.41, 5.74) is 6.82. The highest BCUT2D eigenvalue weighted by molar-refractivity contribution is 7.09. The topological polar surface area (TPSA) is 83.0 Å². The number of thiazole rings is 1. The third-order valence-corrected chi connectivity index (χ3v) is 2.78. The third kappa shape index (κ3) is 3.11. The van der Waals surface area contributed by atoms with Crippen LogP contribution in [0.4, 0.5) is 0 Å². The lowest BCUT2D eigenvalue weighted by Gasteiger charge is -2.05. The van der Waals surface area contributed by atoms with Crippen molar-refractivity contribution in [2.45, 2.75) is 6.54 Å². The van der Waals surface area contributed by atoms with Crippen LogP contribution in [0.5, 0.6) is 5.75 Å². The summed E-state index contributed by atoms with van der Waals surface area (Å²) in [6.07, 6.45) is 3.23. The Hall–Kier alpha value is -1.73. The molecule has 2 aromatic heterocycles. The normalized spacial score (nSPS) is 10.4. The Morgan fingerprint density at radius 3 is 3.00 bits per heavy atom. The smallest absolute Gasteiger partial charge is 0.270 e. The predicted molar refractivity (Wildman–Crippen MR) is 64.3 cm³/mol. The highest BCUT2D eigenvalue weighted by Crippen LogP contribution is 2.07. The Morgan fingerprint density at radius 2 is 2.35 bits per heavy atom. The van der Waals surface area contributed by atoms with E-state index >= 15 is 0 Å². The Balaban J connectivity index is 2.12. The van der Waals surface area contributed by atoms with Crippen LogP contribution in [0, 0.1) is 0 Å². The van der Waals surface area contributed by atoms with Gasteiger partial charge < -0.3 is 10.5 Å². The van der Waals surface area contributed by atoms with Crippen LogP contribution in [0.15, 0.2) is 28.8 Å². The SMILES string of the molecule is NCCOc1cnn(Cc2cncs2)c(=O)c1. The van der Waals surface area contributed by atoms with E-state index < -0.39 is 0 Å². The zero-order chi connectivity index (χ0) is 12.1. The Morgan fingerprint density at radius 1 is 1.47 bits per heavy atom. The van der Waals surface area contributed by atoms with Crippen molar-refractivity contribution in [3.8, 4) is 5.75 Å². The van der Waals surface area contributed by atoms with E-state index in [0.717, 1.165) is 4.88 Å². The second-order valence-corrected chi connectivity index (χ2v) is 4.26. The summed E-state index contributed by atoms with van der Waals surface area (Å²) >= 11 is 1.49. The van der Waals surface area contributed by atoms with Crippen LogP contribution in [-0.2, 0) is 6.54 Å². The van der Waals surface area contributed by atoms with Gasteiger partial charge in [-0.3, -0.25) is 9.78 Å². The number of hydrogen-bond donors (Lipinski definition) is 1. The van der Waals surface area contributed by atoms with Gasteiger partial charge in [-0.15, -0.1) is 11.3 Å². The largest absolute Gasteiger partial charge is 0.490 e. The van der Waals surface area contributed by atoms with E-state index in [1.807, 2.05) is 0 Å². The number of hydrogen-bond acceptors (Lipinski definition) is 6. The van der Waals surface area contributed by atoms with Crippen molar-refractivity contribution < 1.29 is 4.74 Å². The molecule has 7 heteroatoms. The molecular weight excluding hydrogens is 240 g/mol. The molecule has 0 spiro atoms. The predicted octanol–water partition coefficient (Wildman–Crippen LogP) is 0.0856. The fourth-order valence-electron chi connectivity index (χ4n) is 1.26. The van der Waals surface area contributed by atoms with Crippen molar-refractivity contribution in [3.05, 3.63) is 39.2 Å². The highest BCUT2D eigenvalue weighted by Gasteiger charge is 2.03. The average Bonchev–Trinajstić information content (AvgIpc) is 2.82. The van der Waals surface area contributed by atoms with E-state index in [1.165, 1.54) is 28.3 Å². The number of ether oxygens (including phenoxy) is 1. The van der Waals surface area contributed by atoms with Crippen LogP contribution in [-0.4, -0.2) is 27.9 Å². The third-order valence-electron chi connectivity index (χ3n) is 2.02. The van der Waals surface area contributed by atoms with Gasteiger partial charge in [-0.25, -0.2) is 4.68 Å². The number of rotatable bonds is 5. The maximum absolute atomic E-state index is 11.7. The quantitative estimate of drug-likeness (QED) is 0.815. The summed E-state index contributed by atoms with van der Waals surface area (Å²) in [5.74, 6) is 0.445. The molecule has 0 aliphatic carbocycles. The molecular formula is C10H12N4O2S. The molecule has 0 radical (unpaired) electrons. The maximum atomic E-state index is 11.7. The first-order valence-corrected chi connectivity index (χ1v) is 5.95. The second kappa shape index (κ2) is 5.55. The molecule has 0 aliphatic rings. The van der Waals surface area contributed by atoms with Gasteiger partial charge in [0.25, 0.3) is 5.56 Å². The summed E-state index contributed by atoms with van der Waals surface area (Å²) < 4.78 is 6.58. The van der Waals surface area contributed by atoms with Crippen LogP contribution in [0.25, 0.3) is 0 Å². The molecule has 0 amide bonds. The van der Waals surface area contributed by atoms with Crippen molar-refractivity contribution in [1.29, 1.82) is 0 Å². The first-order chi connectivity index (χ1) is 8.29. The van der Waals surface area contributed by atoms with E-state index in [9.17, 15) is 4.79 Å². The van der Waals surface area contributed by atoms with Crippen LogP contribution in [0.3, 0.4) is 0 Å². The van der Waals surface area contributed by atoms with E-state index in [1.54, 1.807) is 11.7 Å². The molecule has 0 bridgehead atoms. The summed E-state index contributed by atoms with van der Waals surface area (Å²) in [5, 5.41) is 4.02. The van der Waals surface area contributed by atoms with Crippen LogP contribution in [0.1, 0.15) is 4.88 Å². The molecule has 2 rings (SSSR count). The number of nitrogens with zero attached hydrogens (tertiary/aromatic N) is 3. The van der Waals surface area contributed by atoms with Gasteiger partial charge in [-0.2, -0.15) is 5.10 Å². The van der Waals surface area contributed by atoms with Gasteiger partial charge in [0.05, 0.1) is 18.3 Å². The summed E-state index contributed by atoms with van der Waals surface area (Å²) in [7, 11) is 0. The molecule has 0 aliphatic heterocycles. The van der Waals surface area contributed by atoms with Gasteiger partial charge >= 0.3 is 0 Å². The lowest BCUT2D eigenvalue weighted by Crippen LogP contribution is -2.22. The lowest BCUT2D eigenvalue weighted by atomic mass is 10.5. The Kier molecular flexibility index (Phi) is 3.84. The number of aromatic nitrogens is 3. The summed E-state index contributed by atoms with van der Waals surface area (Å²) in [6, 6.07) is 1.41. The minimum absolute atomic E-state index is 0.201. The zero-order valence-electron chi connectivity index (χ0n) is 9.07. The average molecular weight is 252 g/mol. The summed E-state index contributed by atoms with van der Waals surface area (Å²) in [4.78, 5) is 16.6. The van der Waals surface area contributed by atoms with Crippen LogP contribution >= 0.6 is 11.3 Å². The van der Waals surface area contributed by atoms with Gasteiger partial charge in [-0.05, 0) is 0 Å². The summed E-state index contributed by atoms with van der Waals surface area (Å²) in [6.45, 7) is 1.21. The zero-order valence-corrected chi connectivity index (χ0v) is 9.89. The van der Waals surface area contributed by atoms with E-state index in [0.29, 0.717) is 25.4 Å². The minimum Gasteiger partial charge on any atom is -0.490 e. The van der Waals surface area contributed by atoms with Gasteiger partial charge in [0.2, 0.25) is 0 Å². The molecule has 17 heavy (non-hydrogen) atoms. The molecule has 2 heterocycles. The van der Waals surface area contributed by atoms with Crippen molar-refractivity contribution in [2.24, 2.45) is 5.73 Å². The fraction of sp³-hybridized carbons (Fsp3) is 0.300. The molecule has 2 aromatic rings. The van der Waals surface area contributed by atoms with Gasteiger partial charge in [0.15, 0.2) is 0 Å². The minimum atomic E-state index is -0.201. The lowest BCUT2D eigenvalue weighted by molar-refractivity contribution is 0.324. The monoisotopic (exact) mass is 252 g/mol. The first kappa shape index (κ1) is 11.7. The van der Waals surface area contributed by atoms with Gasteiger partial charge in [-0.1, -0.05) is 0 Å². The van der Waals surface area contributed by atoms with Crippen LogP contribution < -0.4 is 16.0 Å². The molecule has 0 aromatic carbocycles. The van der Waals surface area contributed by atoms with Gasteiger partial charge in [0.1, 0.15) is 12.4 Å². The number of nitrogens with two attached hydrogens (primary N) is 1. The maximum Gasteiger partial charge on any atom is 0.270 e. The van der Waals surface area contributed by atoms with E-state index in [-0.39, 0.29) is 5.56 Å². The fourth-order valence-corrected chi connectivity index (χ4v) is 1.83. The Bertz CT molecular complexity index is 523. The van der Waals surface area contributed by atoms with Crippen molar-refractivity contribution in [3.63, 3.8) is 0 Å². The Labute approximate surface area is 102 Å². The molecule has 0 saturated heterocycles. The van der Waals surface area contributed by atoms with E-state index in [4.69, 9.17) is 10.5 Å². The standard InChI is InChI=1S/C10H12N4O2S/c11-1-2-16-8-3-10(15)14(13-4-8)6-9-5-12-7-17-9/h3-5,7H,1-2,6,11H2. The van der Waals surface area contributed by atoms with Crippen LogP contribution in [0.2, 0.25) is 0 Å². The molecule has 2 N–H and O–H groups in total. The van der Waals surface area contributed by atoms with Gasteiger partial charge in [0, 0.05) is 23.7 Å².